The van der Waals surface area contributed by atoms with Crippen molar-refractivity contribution in [3.63, 3.8) is 0 Å². The second kappa shape index (κ2) is 10.7. The van der Waals surface area contributed by atoms with Gasteiger partial charge in [0.25, 0.3) is 5.91 Å². The Kier molecular flexibility index (Phi) is 7.47. The van der Waals surface area contributed by atoms with Crippen molar-refractivity contribution >= 4 is 23.3 Å². The molecule has 9 heteroatoms. The SMILES string of the molecule is CC(=O)N(C)CCCNc1cncc(Oc2ccc(C(=O)Nc3cccnc3)cc2)n1. The average Bonchev–Trinajstić information content (AvgIpc) is 2.78. The molecule has 2 heterocycles. The first kappa shape index (κ1) is 21.7. The van der Waals surface area contributed by atoms with Gasteiger partial charge in [-0.05, 0) is 42.8 Å². The molecule has 0 aliphatic heterocycles. The number of rotatable bonds is 9. The molecule has 160 valence electrons. The molecule has 31 heavy (non-hydrogen) atoms. The molecule has 0 saturated carbocycles. The highest BCUT2D eigenvalue weighted by Gasteiger charge is 2.08. The van der Waals surface area contributed by atoms with E-state index in [-0.39, 0.29) is 11.8 Å². The molecule has 0 bridgehead atoms. The highest BCUT2D eigenvalue weighted by molar-refractivity contribution is 6.04. The van der Waals surface area contributed by atoms with Crippen molar-refractivity contribution in [3.8, 4) is 11.6 Å². The van der Waals surface area contributed by atoms with Crippen molar-refractivity contribution in [2.75, 3.05) is 30.8 Å². The Morgan fingerprint density at radius 2 is 1.87 bits per heavy atom. The molecule has 0 spiro atoms. The van der Waals surface area contributed by atoms with Gasteiger partial charge in [0.05, 0.1) is 24.3 Å². The Labute approximate surface area is 180 Å². The van der Waals surface area contributed by atoms with Gasteiger partial charge in [-0.2, -0.15) is 4.98 Å². The summed E-state index contributed by atoms with van der Waals surface area (Å²) in [4.78, 5) is 37.6. The number of nitrogens with one attached hydrogen (secondary N) is 2. The van der Waals surface area contributed by atoms with Gasteiger partial charge < -0.3 is 20.3 Å². The maximum atomic E-state index is 12.3. The van der Waals surface area contributed by atoms with E-state index in [0.717, 1.165) is 6.42 Å². The first-order valence-corrected chi connectivity index (χ1v) is 9.78. The summed E-state index contributed by atoms with van der Waals surface area (Å²) in [6, 6.07) is 10.2. The lowest BCUT2D eigenvalue weighted by Gasteiger charge is -2.14. The number of carbonyl (C=O) groups excluding carboxylic acids is 2. The largest absolute Gasteiger partial charge is 0.437 e. The quantitative estimate of drug-likeness (QED) is 0.512. The smallest absolute Gasteiger partial charge is 0.255 e. The van der Waals surface area contributed by atoms with Gasteiger partial charge in [-0.25, -0.2) is 0 Å². The lowest BCUT2D eigenvalue weighted by atomic mass is 10.2. The Hall–Kier alpha value is -4.01. The fraction of sp³-hybridized carbons (Fsp3) is 0.227. The van der Waals surface area contributed by atoms with Crippen LogP contribution in [0.25, 0.3) is 0 Å². The van der Waals surface area contributed by atoms with E-state index >= 15 is 0 Å². The number of ether oxygens (including phenoxy) is 1. The molecule has 3 aromatic rings. The van der Waals surface area contributed by atoms with Crippen LogP contribution >= 0.6 is 0 Å². The number of amides is 2. The number of pyridine rings is 1. The van der Waals surface area contributed by atoms with Gasteiger partial charge in [-0.15, -0.1) is 0 Å². The number of nitrogens with zero attached hydrogens (tertiary/aromatic N) is 4. The topological polar surface area (TPSA) is 109 Å². The Bertz CT molecular complexity index is 1010. The minimum atomic E-state index is -0.235. The summed E-state index contributed by atoms with van der Waals surface area (Å²) in [6.45, 7) is 2.85. The van der Waals surface area contributed by atoms with Crippen LogP contribution in [0.4, 0.5) is 11.5 Å². The molecule has 3 rings (SSSR count). The van der Waals surface area contributed by atoms with Gasteiger partial charge >= 0.3 is 0 Å². The van der Waals surface area contributed by atoms with Gasteiger partial charge in [-0.3, -0.25) is 19.6 Å². The molecule has 0 saturated heterocycles. The molecule has 9 nitrogen and oxygen atoms in total. The van der Waals surface area contributed by atoms with Crippen LogP contribution in [0.1, 0.15) is 23.7 Å². The zero-order valence-corrected chi connectivity index (χ0v) is 17.4. The van der Waals surface area contributed by atoms with Gasteiger partial charge in [-0.1, -0.05) is 0 Å². The molecule has 0 fully saturated rings. The fourth-order valence-corrected chi connectivity index (χ4v) is 2.61. The van der Waals surface area contributed by atoms with Crippen molar-refractivity contribution in [1.82, 2.24) is 19.9 Å². The molecule has 1 aromatic carbocycles. The first-order valence-electron chi connectivity index (χ1n) is 9.78. The summed E-state index contributed by atoms with van der Waals surface area (Å²) in [5.41, 5.74) is 1.12. The molecule has 0 atom stereocenters. The van der Waals surface area contributed by atoms with Crippen molar-refractivity contribution in [1.29, 1.82) is 0 Å². The Morgan fingerprint density at radius 3 is 2.58 bits per heavy atom. The van der Waals surface area contributed by atoms with Crippen LogP contribution in [0.3, 0.4) is 0 Å². The third kappa shape index (κ3) is 6.77. The molecule has 2 amide bonds. The van der Waals surface area contributed by atoms with Crippen molar-refractivity contribution in [3.05, 3.63) is 66.7 Å². The van der Waals surface area contributed by atoms with E-state index in [2.05, 4.69) is 25.6 Å². The van der Waals surface area contributed by atoms with Crippen LogP contribution in [0.15, 0.2) is 61.2 Å². The Balaban J connectivity index is 1.52. The maximum absolute atomic E-state index is 12.3. The molecular weight excluding hydrogens is 396 g/mol. The highest BCUT2D eigenvalue weighted by atomic mass is 16.5. The number of hydrogen-bond acceptors (Lipinski definition) is 7. The lowest BCUT2D eigenvalue weighted by molar-refractivity contribution is -0.127. The van der Waals surface area contributed by atoms with Gasteiger partial charge in [0.15, 0.2) is 0 Å². The second-order valence-electron chi connectivity index (χ2n) is 6.79. The number of carbonyl (C=O) groups is 2. The zero-order valence-electron chi connectivity index (χ0n) is 17.4. The van der Waals surface area contributed by atoms with Crippen LogP contribution < -0.4 is 15.4 Å². The third-order valence-corrected chi connectivity index (χ3v) is 4.38. The van der Waals surface area contributed by atoms with E-state index in [9.17, 15) is 9.59 Å². The first-order chi connectivity index (χ1) is 15.0. The standard InChI is InChI=1S/C22H24N6O3/c1-16(29)28(2)12-4-11-25-20-14-24-15-21(27-20)31-19-8-6-17(7-9-19)22(30)26-18-5-3-10-23-13-18/h3,5-10,13-15H,4,11-12H2,1-2H3,(H,25,27)(H,26,30). The van der Waals surface area contributed by atoms with E-state index < -0.39 is 0 Å². The number of anilines is 2. The Morgan fingerprint density at radius 1 is 1.06 bits per heavy atom. The molecular formula is C22H24N6O3. The van der Waals surface area contributed by atoms with E-state index in [1.165, 1.54) is 6.20 Å². The zero-order chi connectivity index (χ0) is 22.1. The molecule has 0 radical (unpaired) electrons. The van der Waals surface area contributed by atoms with Crippen LogP contribution in [-0.4, -0.2) is 51.8 Å². The minimum absolute atomic E-state index is 0.0377. The maximum Gasteiger partial charge on any atom is 0.255 e. The van der Waals surface area contributed by atoms with Crippen LogP contribution in [0.2, 0.25) is 0 Å². The summed E-state index contributed by atoms with van der Waals surface area (Å²) in [5.74, 6) is 1.25. The van der Waals surface area contributed by atoms with Gasteiger partial charge in [0.1, 0.15) is 11.6 Å². The predicted molar refractivity (Wildman–Crippen MR) is 117 cm³/mol. The summed E-state index contributed by atoms with van der Waals surface area (Å²) < 4.78 is 5.74. The van der Waals surface area contributed by atoms with Crippen molar-refractivity contribution in [2.45, 2.75) is 13.3 Å². The number of benzene rings is 1. The van der Waals surface area contributed by atoms with Crippen molar-refractivity contribution < 1.29 is 14.3 Å². The van der Waals surface area contributed by atoms with Gasteiger partial charge in [0, 0.05) is 38.8 Å². The van der Waals surface area contributed by atoms with Crippen LogP contribution in [-0.2, 0) is 4.79 Å². The average molecular weight is 420 g/mol. The summed E-state index contributed by atoms with van der Waals surface area (Å²) in [7, 11) is 1.77. The van der Waals surface area contributed by atoms with Crippen molar-refractivity contribution in [2.24, 2.45) is 0 Å². The molecule has 2 aromatic heterocycles. The molecule has 0 unspecified atom stereocenters. The van der Waals surface area contributed by atoms with Crippen LogP contribution in [0, 0.1) is 0 Å². The molecule has 0 aliphatic rings. The highest BCUT2D eigenvalue weighted by Crippen LogP contribution is 2.21. The number of aromatic nitrogens is 3. The second-order valence-corrected chi connectivity index (χ2v) is 6.79. The lowest BCUT2D eigenvalue weighted by Crippen LogP contribution is -2.26. The minimum Gasteiger partial charge on any atom is -0.437 e. The monoisotopic (exact) mass is 420 g/mol. The molecule has 0 aliphatic carbocycles. The van der Waals surface area contributed by atoms with Crippen LogP contribution in [0.5, 0.6) is 11.6 Å². The third-order valence-electron chi connectivity index (χ3n) is 4.38. The normalized spacial score (nSPS) is 10.3. The van der Waals surface area contributed by atoms with E-state index in [1.807, 2.05) is 0 Å². The summed E-state index contributed by atoms with van der Waals surface area (Å²) in [5, 5.41) is 5.94. The predicted octanol–water partition coefficient (Wildman–Crippen LogP) is 3.20. The van der Waals surface area contributed by atoms with E-state index in [0.29, 0.717) is 41.8 Å². The van der Waals surface area contributed by atoms with E-state index in [1.54, 1.807) is 73.9 Å². The van der Waals surface area contributed by atoms with E-state index in [4.69, 9.17) is 4.74 Å². The summed E-state index contributed by atoms with van der Waals surface area (Å²) in [6.07, 6.45) is 7.12. The van der Waals surface area contributed by atoms with Gasteiger partial charge in [0.2, 0.25) is 11.8 Å². The summed E-state index contributed by atoms with van der Waals surface area (Å²) >= 11 is 0. The number of hydrogen-bond donors (Lipinski definition) is 2. The molecule has 2 N–H and O–H groups in total. The fourth-order valence-electron chi connectivity index (χ4n) is 2.61.